The highest BCUT2D eigenvalue weighted by Crippen LogP contribution is 2.23. The van der Waals surface area contributed by atoms with Gasteiger partial charge in [0.25, 0.3) is 5.91 Å². The molecule has 9 heteroatoms. The van der Waals surface area contributed by atoms with E-state index in [2.05, 4.69) is 10.6 Å². The van der Waals surface area contributed by atoms with Crippen molar-refractivity contribution >= 4 is 33.2 Å². The Balaban J connectivity index is 1.72. The van der Waals surface area contributed by atoms with Gasteiger partial charge in [0.15, 0.2) is 0 Å². The predicted octanol–water partition coefficient (Wildman–Crippen LogP) is 3.94. The largest absolute Gasteiger partial charge is 0.491 e. The Morgan fingerprint density at radius 3 is 2.29 bits per heavy atom. The number of ether oxygens (including phenoxy) is 1. The molecule has 0 aliphatic heterocycles. The number of nitrogens with one attached hydrogen (secondary N) is 2. The number of hydrogen-bond donors (Lipinski definition) is 2. The van der Waals surface area contributed by atoms with Crippen LogP contribution in [0.3, 0.4) is 0 Å². The second-order valence-electron chi connectivity index (χ2n) is 8.83. The van der Waals surface area contributed by atoms with Gasteiger partial charge in [-0.2, -0.15) is 0 Å². The molecule has 1 saturated carbocycles. The maximum Gasteiger partial charge on any atom is 0.253 e. The van der Waals surface area contributed by atoms with Gasteiger partial charge in [0.05, 0.1) is 29.3 Å². The van der Waals surface area contributed by atoms with Crippen molar-refractivity contribution in [1.29, 1.82) is 0 Å². The molecule has 1 aliphatic rings. The zero-order valence-corrected chi connectivity index (χ0v) is 20.7. The van der Waals surface area contributed by atoms with Crippen molar-refractivity contribution < 1.29 is 22.7 Å². The van der Waals surface area contributed by atoms with E-state index in [1.54, 1.807) is 48.5 Å². The lowest BCUT2D eigenvalue weighted by atomic mass is 9.95. The average Bonchev–Trinajstić information content (AvgIpc) is 2.78. The molecule has 0 spiro atoms. The molecule has 8 nitrogen and oxygen atoms in total. The number of carbonyl (C=O) groups excluding carboxylic acids is 2. The molecule has 34 heavy (non-hydrogen) atoms. The summed E-state index contributed by atoms with van der Waals surface area (Å²) in [7, 11) is -3.73. The van der Waals surface area contributed by atoms with Crippen molar-refractivity contribution in [2.45, 2.75) is 58.1 Å². The van der Waals surface area contributed by atoms with Crippen molar-refractivity contribution in [1.82, 2.24) is 5.32 Å². The lowest BCUT2D eigenvalue weighted by Crippen LogP contribution is -2.38. The van der Waals surface area contributed by atoms with Crippen molar-refractivity contribution in [3.63, 3.8) is 0 Å². The third-order valence-corrected chi connectivity index (χ3v) is 6.71. The first kappa shape index (κ1) is 25.6. The molecule has 0 unspecified atom stereocenters. The molecular weight excluding hydrogens is 454 g/mol. The number of hydrogen-bond acceptors (Lipinski definition) is 5. The van der Waals surface area contributed by atoms with Crippen molar-refractivity contribution in [2.75, 3.05) is 22.4 Å². The summed E-state index contributed by atoms with van der Waals surface area (Å²) in [4.78, 5) is 25.7. The van der Waals surface area contributed by atoms with E-state index >= 15 is 0 Å². The molecule has 184 valence electrons. The Kier molecular flexibility index (Phi) is 8.55. The van der Waals surface area contributed by atoms with Crippen LogP contribution >= 0.6 is 0 Å². The highest BCUT2D eigenvalue weighted by Gasteiger charge is 2.23. The number of nitrogens with zero attached hydrogens (tertiary/aromatic N) is 1. The van der Waals surface area contributed by atoms with Gasteiger partial charge in [-0.15, -0.1) is 0 Å². The summed E-state index contributed by atoms with van der Waals surface area (Å²) in [6, 6.07) is 13.4. The number of carbonyl (C=O) groups is 2. The first-order valence-corrected chi connectivity index (χ1v) is 13.4. The van der Waals surface area contributed by atoms with Crippen LogP contribution in [0.5, 0.6) is 5.75 Å². The zero-order valence-electron chi connectivity index (χ0n) is 19.9. The molecule has 0 heterocycles. The molecule has 1 aliphatic carbocycles. The maximum atomic E-state index is 12.8. The Hall–Kier alpha value is -3.07. The smallest absolute Gasteiger partial charge is 0.253 e. The molecule has 1 fully saturated rings. The van der Waals surface area contributed by atoms with E-state index in [-0.39, 0.29) is 18.1 Å². The van der Waals surface area contributed by atoms with Crippen molar-refractivity contribution in [3.8, 4) is 5.75 Å². The number of sulfonamides is 1. The van der Waals surface area contributed by atoms with Crippen LogP contribution in [0.1, 0.15) is 56.3 Å². The predicted molar refractivity (Wildman–Crippen MR) is 134 cm³/mol. The number of rotatable bonds is 9. The standard InChI is InChI=1S/C25H33N3O5S/c1-18(2)33-21-15-13-20(14-16-21)28(34(3,31)32)17-24(29)27-23-12-8-7-11-22(23)25(30)26-19-9-5-4-6-10-19/h7-8,11-16,18-19H,4-6,9-10,17H2,1-3H3,(H,26,30)(H,27,29). The minimum Gasteiger partial charge on any atom is -0.491 e. The van der Waals surface area contributed by atoms with Crippen LogP contribution in [-0.4, -0.2) is 45.2 Å². The fourth-order valence-corrected chi connectivity index (χ4v) is 4.84. The third kappa shape index (κ3) is 7.21. The molecule has 0 radical (unpaired) electrons. The van der Waals surface area contributed by atoms with E-state index in [1.165, 1.54) is 6.42 Å². The average molecular weight is 488 g/mol. The molecule has 2 aromatic carbocycles. The first-order valence-electron chi connectivity index (χ1n) is 11.6. The lowest BCUT2D eigenvalue weighted by molar-refractivity contribution is -0.114. The maximum absolute atomic E-state index is 12.8. The van der Waals surface area contributed by atoms with Gasteiger partial charge in [-0.25, -0.2) is 8.42 Å². The summed E-state index contributed by atoms with van der Waals surface area (Å²) >= 11 is 0. The molecule has 2 N–H and O–H groups in total. The summed E-state index contributed by atoms with van der Waals surface area (Å²) in [5, 5.41) is 5.76. The van der Waals surface area contributed by atoms with Gasteiger partial charge in [0.2, 0.25) is 15.9 Å². The van der Waals surface area contributed by atoms with Crippen LogP contribution < -0.4 is 19.7 Å². The van der Waals surface area contributed by atoms with Crippen LogP contribution in [0.2, 0.25) is 0 Å². The van der Waals surface area contributed by atoms with E-state index < -0.39 is 22.5 Å². The van der Waals surface area contributed by atoms with Crippen LogP contribution in [-0.2, 0) is 14.8 Å². The molecule has 0 aromatic heterocycles. The lowest BCUT2D eigenvalue weighted by Gasteiger charge is -2.24. The van der Waals surface area contributed by atoms with Gasteiger partial charge in [-0.05, 0) is 63.1 Å². The van der Waals surface area contributed by atoms with E-state index in [9.17, 15) is 18.0 Å². The Morgan fingerprint density at radius 1 is 1.03 bits per heavy atom. The Morgan fingerprint density at radius 2 is 1.68 bits per heavy atom. The van der Waals surface area contributed by atoms with Gasteiger partial charge in [0, 0.05) is 6.04 Å². The molecule has 2 amide bonds. The van der Waals surface area contributed by atoms with Gasteiger partial charge in [-0.3, -0.25) is 13.9 Å². The molecule has 2 aromatic rings. The molecule has 3 rings (SSSR count). The summed E-state index contributed by atoms with van der Waals surface area (Å²) in [6.45, 7) is 3.37. The van der Waals surface area contributed by atoms with Crippen LogP contribution in [0.25, 0.3) is 0 Å². The highest BCUT2D eigenvalue weighted by molar-refractivity contribution is 7.92. The topological polar surface area (TPSA) is 105 Å². The first-order chi connectivity index (χ1) is 16.1. The Labute approximate surface area is 201 Å². The number of benzene rings is 2. The van der Waals surface area contributed by atoms with Gasteiger partial charge >= 0.3 is 0 Å². The van der Waals surface area contributed by atoms with Crippen molar-refractivity contribution in [3.05, 3.63) is 54.1 Å². The third-order valence-electron chi connectivity index (χ3n) is 5.57. The van der Waals surface area contributed by atoms with Gasteiger partial charge < -0.3 is 15.4 Å². The Bertz CT molecular complexity index is 1090. The second-order valence-corrected chi connectivity index (χ2v) is 10.7. The fourth-order valence-electron chi connectivity index (χ4n) is 3.98. The minimum absolute atomic E-state index is 0.0157. The summed E-state index contributed by atoms with van der Waals surface area (Å²) in [5.74, 6) is -0.191. The number of anilines is 2. The molecule has 0 saturated heterocycles. The summed E-state index contributed by atoms with van der Waals surface area (Å²) < 4.78 is 31.5. The van der Waals surface area contributed by atoms with E-state index in [1.807, 2.05) is 13.8 Å². The van der Waals surface area contributed by atoms with Crippen molar-refractivity contribution in [2.24, 2.45) is 0 Å². The van der Waals surface area contributed by atoms with Crippen LogP contribution in [0.4, 0.5) is 11.4 Å². The molecular formula is C25H33N3O5S. The zero-order chi connectivity index (χ0) is 24.7. The second kappa shape index (κ2) is 11.4. The van der Waals surface area contributed by atoms with E-state index in [0.717, 1.165) is 36.2 Å². The van der Waals surface area contributed by atoms with Crippen LogP contribution in [0, 0.1) is 0 Å². The van der Waals surface area contributed by atoms with Gasteiger partial charge in [0.1, 0.15) is 12.3 Å². The number of para-hydroxylation sites is 1. The highest BCUT2D eigenvalue weighted by atomic mass is 32.2. The monoisotopic (exact) mass is 487 g/mol. The number of amides is 2. The molecule has 0 bridgehead atoms. The van der Waals surface area contributed by atoms with E-state index in [0.29, 0.717) is 22.7 Å². The normalized spacial score (nSPS) is 14.5. The SMILES string of the molecule is CC(C)Oc1ccc(N(CC(=O)Nc2ccccc2C(=O)NC2CCCCC2)S(C)(=O)=O)cc1. The summed E-state index contributed by atoms with van der Waals surface area (Å²) in [5.41, 5.74) is 1.04. The van der Waals surface area contributed by atoms with E-state index in [4.69, 9.17) is 4.74 Å². The minimum atomic E-state index is -3.73. The fraction of sp³-hybridized carbons (Fsp3) is 0.440. The van der Waals surface area contributed by atoms with Gasteiger partial charge in [-0.1, -0.05) is 31.4 Å². The summed E-state index contributed by atoms with van der Waals surface area (Å²) in [6.07, 6.45) is 6.30. The quantitative estimate of drug-likeness (QED) is 0.557. The molecule has 0 atom stereocenters. The van der Waals surface area contributed by atoms with Crippen LogP contribution in [0.15, 0.2) is 48.5 Å².